The van der Waals surface area contributed by atoms with Gasteiger partial charge >= 0.3 is 98.8 Å². The molecule has 0 amide bonds. The molecule has 0 unspecified atom stereocenters. The molecule has 1 aromatic carbocycles. The maximum atomic E-state index is 9.09. The molecule has 0 radical (unpaired) electrons. The maximum absolute atomic E-state index is 9.09. The molecule has 0 spiro atoms. The zero-order valence-corrected chi connectivity index (χ0v) is 12.1. The Morgan fingerprint density at radius 1 is 1.27 bits per heavy atom. The van der Waals surface area contributed by atoms with Crippen LogP contribution in [0.1, 0.15) is 5.56 Å². The Bertz CT molecular complexity index is 407. The van der Waals surface area contributed by atoms with Gasteiger partial charge in [-0.2, -0.15) is 0 Å². The van der Waals surface area contributed by atoms with E-state index in [1.165, 1.54) is 0 Å². The van der Waals surface area contributed by atoms with Gasteiger partial charge in [0.2, 0.25) is 0 Å². The van der Waals surface area contributed by atoms with Crippen LogP contribution in [0.3, 0.4) is 0 Å². The summed E-state index contributed by atoms with van der Waals surface area (Å²) >= 11 is 3.97. The molecule has 0 fully saturated rings. The molecule has 15 heavy (non-hydrogen) atoms. The average molecular weight is 280 g/mol. The Hall–Kier alpha value is -0.717. The van der Waals surface area contributed by atoms with Crippen LogP contribution in [0.15, 0.2) is 29.2 Å². The number of rotatable bonds is 2. The summed E-state index contributed by atoms with van der Waals surface area (Å²) in [4.78, 5) is 2.16. The van der Waals surface area contributed by atoms with Crippen molar-refractivity contribution in [1.29, 1.82) is 5.26 Å². The molecular formula is C12H14ClGeN. The minimum atomic E-state index is -1.83. The summed E-state index contributed by atoms with van der Waals surface area (Å²) in [7, 11) is 0. The normalized spacial score (nSPS) is 12.3. The van der Waals surface area contributed by atoms with Gasteiger partial charge in [0.25, 0.3) is 0 Å². The Morgan fingerprint density at radius 2 is 1.80 bits per heavy atom. The van der Waals surface area contributed by atoms with Crippen LogP contribution >= 0.6 is 11.6 Å². The van der Waals surface area contributed by atoms with Crippen molar-refractivity contribution in [1.82, 2.24) is 0 Å². The fourth-order valence-corrected chi connectivity index (χ4v) is 3.67. The van der Waals surface area contributed by atoms with Crippen LogP contribution in [0.5, 0.6) is 0 Å². The first-order valence-corrected chi connectivity index (χ1v) is 12.7. The summed E-state index contributed by atoms with van der Waals surface area (Å²) in [5.41, 5.74) is 1.74. The van der Waals surface area contributed by atoms with Crippen LogP contribution in [0, 0.1) is 11.3 Å². The summed E-state index contributed by atoms with van der Waals surface area (Å²) in [6, 6.07) is 9.68. The topological polar surface area (TPSA) is 23.8 Å². The van der Waals surface area contributed by atoms with Gasteiger partial charge in [-0.15, -0.1) is 0 Å². The van der Waals surface area contributed by atoms with Crippen LogP contribution in [0.25, 0.3) is 5.57 Å². The molecule has 0 aliphatic carbocycles. The number of hydrogen-bond acceptors (Lipinski definition) is 1. The fourth-order valence-electron chi connectivity index (χ4n) is 1.24. The number of benzene rings is 1. The quantitative estimate of drug-likeness (QED) is 0.590. The van der Waals surface area contributed by atoms with E-state index in [-0.39, 0.29) is 0 Å². The minimum absolute atomic E-state index is 0.702. The van der Waals surface area contributed by atoms with Crippen molar-refractivity contribution >= 4 is 30.4 Å². The summed E-state index contributed by atoms with van der Waals surface area (Å²) < 4.78 is 0. The van der Waals surface area contributed by atoms with E-state index in [0.29, 0.717) is 5.02 Å². The van der Waals surface area contributed by atoms with Crippen molar-refractivity contribution in [3.63, 3.8) is 0 Å². The first-order valence-electron chi connectivity index (χ1n) is 4.81. The molecule has 0 saturated carbocycles. The molecule has 1 aromatic rings. The van der Waals surface area contributed by atoms with Crippen LogP contribution in [-0.4, -0.2) is 13.3 Å². The summed E-state index contributed by atoms with van der Waals surface area (Å²) in [6.07, 6.45) is 0. The Morgan fingerprint density at radius 3 is 2.20 bits per heavy atom. The molecule has 1 nitrogen and oxygen atoms in total. The van der Waals surface area contributed by atoms with Crippen molar-refractivity contribution in [3.8, 4) is 6.07 Å². The fraction of sp³-hybridized carbons (Fsp3) is 0.250. The van der Waals surface area contributed by atoms with Gasteiger partial charge in [0.05, 0.1) is 0 Å². The zero-order chi connectivity index (χ0) is 11.5. The Balaban J connectivity index is 3.10. The van der Waals surface area contributed by atoms with Gasteiger partial charge in [0, 0.05) is 0 Å². The van der Waals surface area contributed by atoms with Crippen LogP contribution in [-0.2, 0) is 0 Å². The second kappa shape index (κ2) is 4.87. The van der Waals surface area contributed by atoms with Crippen molar-refractivity contribution in [3.05, 3.63) is 39.8 Å². The first-order chi connectivity index (χ1) is 6.92. The molecule has 1 rings (SSSR count). The SMILES string of the molecule is [CH3][Ge]([CH3])([CH3])/[CH]=C(\C#N)c1ccc(Cl)cc1. The molecule has 3 heteroatoms. The predicted molar refractivity (Wildman–Crippen MR) is 68.4 cm³/mol. The van der Waals surface area contributed by atoms with Crippen LogP contribution in [0.2, 0.25) is 22.3 Å². The van der Waals surface area contributed by atoms with E-state index in [1.807, 2.05) is 24.3 Å². The first kappa shape index (κ1) is 12.4. The van der Waals surface area contributed by atoms with Crippen molar-refractivity contribution in [2.75, 3.05) is 0 Å². The van der Waals surface area contributed by atoms with Crippen molar-refractivity contribution in [2.45, 2.75) is 17.3 Å². The van der Waals surface area contributed by atoms with E-state index in [0.717, 1.165) is 11.1 Å². The van der Waals surface area contributed by atoms with E-state index in [4.69, 9.17) is 16.9 Å². The summed E-state index contributed by atoms with van der Waals surface area (Å²) in [6.45, 7) is 0. The summed E-state index contributed by atoms with van der Waals surface area (Å²) in [5, 5.41) is 9.79. The van der Waals surface area contributed by atoms with E-state index in [2.05, 4.69) is 28.2 Å². The van der Waals surface area contributed by atoms with Crippen LogP contribution in [0.4, 0.5) is 0 Å². The second-order valence-electron chi connectivity index (χ2n) is 4.54. The number of nitriles is 1. The van der Waals surface area contributed by atoms with Gasteiger partial charge in [-0.3, -0.25) is 0 Å². The average Bonchev–Trinajstić information content (AvgIpc) is 2.14. The molecule has 78 valence electrons. The van der Waals surface area contributed by atoms with E-state index in [9.17, 15) is 0 Å². The van der Waals surface area contributed by atoms with Gasteiger partial charge in [0.15, 0.2) is 0 Å². The van der Waals surface area contributed by atoms with Gasteiger partial charge in [0.1, 0.15) is 0 Å². The van der Waals surface area contributed by atoms with Gasteiger partial charge < -0.3 is 0 Å². The third kappa shape index (κ3) is 4.11. The molecule has 0 saturated heterocycles. The molecule has 0 aromatic heterocycles. The van der Waals surface area contributed by atoms with Gasteiger partial charge in [-0.25, -0.2) is 0 Å². The molecule has 0 atom stereocenters. The number of halogens is 1. The molecule has 0 bridgehead atoms. The van der Waals surface area contributed by atoms with E-state index >= 15 is 0 Å². The number of nitrogens with zero attached hydrogens (tertiary/aromatic N) is 1. The van der Waals surface area contributed by atoms with Gasteiger partial charge in [-0.1, -0.05) is 0 Å². The molecular weight excluding hydrogens is 266 g/mol. The number of hydrogen-bond donors (Lipinski definition) is 0. The third-order valence-corrected chi connectivity index (χ3v) is 4.53. The second-order valence-corrected chi connectivity index (χ2v) is 15.5. The number of allylic oxidation sites excluding steroid dienone is 1. The molecule has 0 N–H and O–H groups in total. The molecule has 0 aliphatic rings. The third-order valence-electron chi connectivity index (χ3n) is 1.85. The summed E-state index contributed by atoms with van der Waals surface area (Å²) in [5.74, 6) is 6.77. The van der Waals surface area contributed by atoms with Crippen LogP contribution < -0.4 is 0 Å². The van der Waals surface area contributed by atoms with E-state index < -0.39 is 13.3 Å². The molecule has 0 aliphatic heterocycles. The standard InChI is InChI=1S/C12H14ClGeN/c1-14(2,3)8-11(9-15)10-4-6-12(13)7-5-10/h4-8H,1-3H3/b11-8+. The Labute approximate surface area is 98.7 Å². The van der Waals surface area contributed by atoms with Gasteiger partial charge in [-0.05, 0) is 0 Å². The van der Waals surface area contributed by atoms with Crippen molar-refractivity contribution < 1.29 is 0 Å². The monoisotopic (exact) mass is 281 g/mol. The van der Waals surface area contributed by atoms with Crippen molar-refractivity contribution in [2.24, 2.45) is 0 Å². The predicted octanol–water partition coefficient (Wildman–Crippen LogP) is 4.12. The molecule has 0 heterocycles. The zero-order valence-electron chi connectivity index (χ0n) is 9.21. The van der Waals surface area contributed by atoms with E-state index in [1.54, 1.807) is 0 Å². The Kier molecular flexibility index (Phi) is 4.01.